The molecule has 1 aliphatic rings. The fourth-order valence-corrected chi connectivity index (χ4v) is 4.38. The van der Waals surface area contributed by atoms with Crippen LogP contribution in [0.15, 0.2) is 53.4 Å². The van der Waals surface area contributed by atoms with Gasteiger partial charge in [0.25, 0.3) is 5.91 Å². The second-order valence-electron chi connectivity index (χ2n) is 6.18. The summed E-state index contributed by atoms with van der Waals surface area (Å²) in [5.74, 6) is -0.481. The molecule has 8 heteroatoms. The molecule has 0 radical (unpaired) electrons. The Bertz CT molecular complexity index is 998. The summed E-state index contributed by atoms with van der Waals surface area (Å²) in [6.45, 7) is 2.71. The predicted octanol–water partition coefficient (Wildman–Crippen LogP) is 2.22. The number of ether oxygens (including phenoxy) is 1. The van der Waals surface area contributed by atoms with Crippen LogP contribution in [0.2, 0.25) is 0 Å². The lowest BCUT2D eigenvalue weighted by atomic mass is 10.1. The van der Waals surface area contributed by atoms with Gasteiger partial charge in [0.05, 0.1) is 28.9 Å². The number of nitrogens with zero attached hydrogens (tertiary/aromatic N) is 2. The van der Waals surface area contributed by atoms with Crippen LogP contribution in [0.25, 0.3) is 0 Å². The molecule has 0 aliphatic carbocycles. The summed E-state index contributed by atoms with van der Waals surface area (Å²) in [6.07, 6.45) is -0.178. The highest BCUT2D eigenvalue weighted by molar-refractivity contribution is 7.89. The minimum absolute atomic E-state index is 0.0535. The highest BCUT2D eigenvalue weighted by Gasteiger charge is 2.29. The van der Waals surface area contributed by atoms with E-state index in [0.717, 1.165) is 0 Å². The van der Waals surface area contributed by atoms with E-state index in [4.69, 9.17) is 10.00 Å². The Morgan fingerprint density at radius 1 is 1.26 bits per heavy atom. The lowest BCUT2D eigenvalue weighted by Crippen LogP contribution is -2.44. The van der Waals surface area contributed by atoms with Crippen LogP contribution in [-0.2, 0) is 14.8 Å². The van der Waals surface area contributed by atoms with E-state index in [1.54, 1.807) is 24.3 Å². The highest BCUT2D eigenvalue weighted by atomic mass is 32.2. The number of carbonyl (C=O) groups is 1. The molecule has 1 atom stereocenters. The van der Waals surface area contributed by atoms with Crippen LogP contribution in [0, 0.1) is 11.3 Å². The molecule has 0 saturated carbocycles. The Morgan fingerprint density at radius 3 is 2.78 bits per heavy atom. The fourth-order valence-electron chi connectivity index (χ4n) is 2.84. The number of sulfonamides is 1. The Labute approximate surface area is 158 Å². The molecule has 1 saturated heterocycles. The number of para-hydroxylation sites is 1. The van der Waals surface area contributed by atoms with Crippen molar-refractivity contribution >= 4 is 21.6 Å². The Kier molecular flexibility index (Phi) is 5.56. The molecule has 1 amide bonds. The van der Waals surface area contributed by atoms with Gasteiger partial charge in [-0.05, 0) is 37.3 Å². The Hall–Kier alpha value is -2.73. The zero-order valence-electron chi connectivity index (χ0n) is 14.8. The zero-order chi connectivity index (χ0) is 19.4. The number of amides is 1. The lowest BCUT2D eigenvalue weighted by Gasteiger charge is -2.30. The van der Waals surface area contributed by atoms with E-state index < -0.39 is 15.9 Å². The van der Waals surface area contributed by atoms with Crippen molar-refractivity contribution in [2.75, 3.05) is 25.0 Å². The molecule has 3 rings (SSSR count). The number of benzene rings is 2. The third kappa shape index (κ3) is 4.17. The van der Waals surface area contributed by atoms with Crippen LogP contribution in [0.5, 0.6) is 0 Å². The van der Waals surface area contributed by atoms with Crippen LogP contribution in [0.1, 0.15) is 22.8 Å². The van der Waals surface area contributed by atoms with Crippen molar-refractivity contribution in [3.63, 3.8) is 0 Å². The Morgan fingerprint density at radius 2 is 2.04 bits per heavy atom. The summed E-state index contributed by atoms with van der Waals surface area (Å²) in [5.41, 5.74) is 0.905. The smallest absolute Gasteiger partial charge is 0.255 e. The van der Waals surface area contributed by atoms with Gasteiger partial charge < -0.3 is 10.1 Å². The molecule has 1 N–H and O–H groups in total. The molecule has 1 heterocycles. The molecular weight excluding hydrogens is 366 g/mol. The van der Waals surface area contributed by atoms with Crippen LogP contribution in [-0.4, -0.2) is 44.4 Å². The summed E-state index contributed by atoms with van der Waals surface area (Å²) in [4.78, 5) is 12.6. The number of nitrogens with one attached hydrogen (secondary N) is 1. The topological polar surface area (TPSA) is 99.5 Å². The van der Waals surface area contributed by atoms with Gasteiger partial charge in [-0.25, -0.2) is 8.42 Å². The van der Waals surface area contributed by atoms with E-state index in [0.29, 0.717) is 17.9 Å². The maximum absolute atomic E-state index is 12.9. The van der Waals surface area contributed by atoms with E-state index in [1.807, 2.05) is 13.0 Å². The SMILES string of the molecule is CC1CN(S(=O)(=O)c2cccc(C(=O)Nc3ccccc3C#N)c2)CCO1. The summed E-state index contributed by atoms with van der Waals surface area (Å²) >= 11 is 0. The highest BCUT2D eigenvalue weighted by Crippen LogP contribution is 2.21. The van der Waals surface area contributed by atoms with Crippen molar-refractivity contribution < 1.29 is 17.9 Å². The van der Waals surface area contributed by atoms with Gasteiger partial charge in [-0.3, -0.25) is 4.79 Å². The summed E-state index contributed by atoms with van der Waals surface area (Å²) in [7, 11) is -3.72. The van der Waals surface area contributed by atoms with Crippen LogP contribution >= 0.6 is 0 Å². The van der Waals surface area contributed by atoms with Crippen molar-refractivity contribution in [2.45, 2.75) is 17.9 Å². The van der Waals surface area contributed by atoms with Gasteiger partial charge in [0.2, 0.25) is 10.0 Å². The van der Waals surface area contributed by atoms with Gasteiger partial charge in [0.15, 0.2) is 0 Å². The molecule has 1 aliphatic heterocycles. The van der Waals surface area contributed by atoms with Gasteiger partial charge in [-0.15, -0.1) is 0 Å². The number of hydrogen-bond acceptors (Lipinski definition) is 5. The average molecular weight is 385 g/mol. The van der Waals surface area contributed by atoms with Gasteiger partial charge in [-0.2, -0.15) is 9.57 Å². The molecule has 2 aromatic rings. The van der Waals surface area contributed by atoms with E-state index in [2.05, 4.69) is 5.32 Å². The number of anilines is 1. The molecule has 1 unspecified atom stereocenters. The third-order valence-electron chi connectivity index (χ3n) is 4.23. The first kappa shape index (κ1) is 19.0. The van der Waals surface area contributed by atoms with Crippen LogP contribution in [0.3, 0.4) is 0 Å². The average Bonchev–Trinajstić information content (AvgIpc) is 2.68. The summed E-state index contributed by atoms with van der Waals surface area (Å²) < 4.78 is 32.5. The molecule has 7 nitrogen and oxygen atoms in total. The molecule has 0 aromatic heterocycles. The van der Waals surface area contributed by atoms with E-state index in [-0.39, 0.29) is 29.7 Å². The third-order valence-corrected chi connectivity index (χ3v) is 6.09. The number of hydrogen-bond donors (Lipinski definition) is 1. The molecule has 0 spiro atoms. The lowest BCUT2D eigenvalue weighted by molar-refractivity contribution is 0.0102. The van der Waals surface area contributed by atoms with Gasteiger partial charge in [0.1, 0.15) is 6.07 Å². The quantitative estimate of drug-likeness (QED) is 0.870. The molecule has 140 valence electrons. The maximum atomic E-state index is 12.9. The van der Waals surface area contributed by atoms with Crippen molar-refractivity contribution in [3.8, 4) is 6.07 Å². The predicted molar refractivity (Wildman–Crippen MR) is 99.7 cm³/mol. The zero-order valence-corrected chi connectivity index (χ0v) is 15.6. The van der Waals surface area contributed by atoms with Crippen molar-refractivity contribution in [3.05, 3.63) is 59.7 Å². The second kappa shape index (κ2) is 7.88. The monoisotopic (exact) mass is 385 g/mol. The first-order chi connectivity index (χ1) is 12.9. The first-order valence-corrected chi connectivity index (χ1v) is 9.88. The number of nitriles is 1. The van der Waals surface area contributed by atoms with Gasteiger partial charge in [0, 0.05) is 18.7 Å². The first-order valence-electron chi connectivity index (χ1n) is 8.44. The van der Waals surface area contributed by atoms with Crippen LogP contribution < -0.4 is 5.32 Å². The molecule has 27 heavy (non-hydrogen) atoms. The van der Waals surface area contributed by atoms with E-state index >= 15 is 0 Å². The summed E-state index contributed by atoms with van der Waals surface area (Å²) in [6, 6.07) is 14.5. The largest absolute Gasteiger partial charge is 0.376 e. The standard InChI is InChI=1S/C19H19N3O4S/c1-14-13-22(9-10-26-14)27(24,25)17-7-4-6-15(11-17)19(23)21-18-8-3-2-5-16(18)12-20/h2-8,11,14H,9-10,13H2,1H3,(H,21,23). The molecule has 1 fully saturated rings. The number of rotatable bonds is 4. The maximum Gasteiger partial charge on any atom is 0.255 e. The normalized spacial score (nSPS) is 17.9. The number of carbonyl (C=O) groups excluding carboxylic acids is 1. The molecular formula is C19H19N3O4S. The fraction of sp³-hybridized carbons (Fsp3) is 0.263. The van der Waals surface area contributed by atoms with Crippen molar-refractivity contribution in [2.24, 2.45) is 0 Å². The van der Waals surface area contributed by atoms with Crippen molar-refractivity contribution in [1.29, 1.82) is 5.26 Å². The Balaban J connectivity index is 1.85. The van der Waals surface area contributed by atoms with E-state index in [9.17, 15) is 13.2 Å². The minimum atomic E-state index is -3.72. The number of morpholine rings is 1. The molecule has 2 aromatic carbocycles. The second-order valence-corrected chi connectivity index (χ2v) is 8.12. The van der Waals surface area contributed by atoms with Gasteiger partial charge >= 0.3 is 0 Å². The molecule has 0 bridgehead atoms. The summed E-state index contributed by atoms with van der Waals surface area (Å²) in [5, 5.41) is 11.8. The minimum Gasteiger partial charge on any atom is -0.376 e. The van der Waals surface area contributed by atoms with E-state index in [1.165, 1.54) is 28.6 Å². The van der Waals surface area contributed by atoms with Crippen molar-refractivity contribution in [1.82, 2.24) is 4.31 Å². The van der Waals surface area contributed by atoms with Crippen LogP contribution in [0.4, 0.5) is 5.69 Å². The van der Waals surface area contributed by atoms with Gasteiger partial charge in [-0.1, -0.05) is 18.2 Å².